The van der Waals surface area contributed by atoms with Crippen LogP contribution in [0.25, 0.3) is 0 Å². The summed E-state index contributed by atoms with van der Waals surface area (Å²) in [7, 11) is -3.82. The zero-order valence-corrected chi connectivity index (χ0v) is 11.3. The van der Waals surface area contributed by atoms with E-state index in [0.29, 0.717) is 6.42 Å². The average Bonchev–Trinajstić information content (AvgIpc) is 2.38. The molecule has 0 saturated carbocycles. The Kier molecular flexibility index (Phi) is 4.24. The summed E-state index contributed by atoms with van der Waals surface area (Å²) in [4.78, 5) is 0.0962. The van der Waals surface area contributed by atoms with Gasteiger partial charge in [-0.25, -0.2) is 0 Å². The van der Waals surface area contributed by atoms with Crippen LogP contribution in [0.2, 0.25) is 0 Å². The molecule has 0 aromatic heterocycles. The molecule has 6 heteroatoms. The average molecular weight is 284 g/mol. The molecule has 1 heterocycles. The van der Waals surface area contributed by atoms with Gasteiger partial charge >= 0.3 is 0 Å². The molecule has 1 aliphatic rings. The minimum atomic E-state index is -3.82. The first-order valence-electron chi connectivity index (χ1n) is 5.94. The lowest BCUT2D eigenvalue weighted by Crippen LogP contribution is -2.34. The largest absolute Gasteiger partial charge is 0.493 e. The lowest BCUT2D eigenvalue weighted by molar-refractivity contribution is -0.0244. The lowest BCUT2D eigenvalue weighted by atomic mass is 10.1. The molecule has 0 aliphatic carbocycles. The van der Waals surface area contributed by atoms with Gasteiger partial charge in [-0.05, 0) is 31.6 Å². The van der Waals surface area contributed by atoms with Crippen molar-refractivity contribution in [2.75, 3.05) is 6.61 Å². The van der Waals surface area contributed by atoms with Gasteiger partial charge in [0.05, 0.1) is 17.3 Å². The van der Waals surface area contributed by atoms with E-state index in [2.05, 4.69) is 0 Å². The Balaban J connectivity index is 2.01. The molecule has 0 bridgehead atoms. The standard InChI is InChI=1S/C13H16O5S/c1-10-4-6-11(7-5-10)19(15,16)18-9-13-12(14)3-2-8-17-13/h2,4-8,12-14H,3,9H2,1H3/t12-,13+/m0/s1. The van der Waals surface area contributed by atoms with Gasteiger partial charge in [0, 0.05) is 0 Å². The van der Waals surface area contributed by atoms with Crippen LogP contribution in [0, 0.1) is 6.92 Å². The maximum absolute atomic E-state index is 11.9. The molecule has 0 saturated heterocycles. The molecular formula is C13H16O5S. The second-order valence-electron chi connectivity index (χ2n) is 4.40. The third-order valence-corrected chi connectivity index (χ3v) is 4.15. The third kappa shape index (κ3) is 3.56. The molecule has 1 aromatic carbocycles. The number of aliphatic hydroxyl groups is 1. The highest BCUT2D eigenvalue weighted by molar-refractivity contribution is 7.86. The Bertz CT molecular complexity index is 547. The van der Waals surface area contributed by atoms with E-state index in [9.17, 15) is 13.5 Å². The monoisotopic (exact) mass is 284 g/mol. The van der Waals surface area contributed by atoms with Crippen molar-refractivity contribution >= 4 is 10.1 Å². The van der Waals surface area contributed by atoms with Crippen molar-refractivity contribution in [1.82, 2.24) is 0 Å². The van der Waals surface area contributed by atoms with Gasteiger partial charge in [-0.2, -0.15) is 8.42 Å². The molecule has 1 N–H and O–H groups in total. The fraction of sp³-hybridized carbons (Fsp3) is 0.385. The van der Waals surface area contributed by atoms with E-state index < -0.39 is 22.3 Å². The van der Waals surface area contributed by atoms with Gasteiger partial charge in [0.2, 0.25) is 0 Å². The van der Waals surface area contributed by atoms with Crippen LogP contribution in [0.15, 0.2) is 41.5 Å². The van der Waals surface area contributed by atoms with Crippen molar-refractivity contribution in [3.8, 4) is 0 Å². The second kappa shape index (κ2) is 5.73. The van der Waals surface area contributed by atoms with Gasteiger partial charge in [0.25, 0.3) is 10.1 Å². The van der Waals surface area contributed by atoms with Crippen LogP contribution in [0.3, 0.4) is 0 Å². The summed E-state index contributed by atoms with van der Waals surface area (Å²) >= 11 is 0. The SMILES string of the molecule is Cc1ccc(S(=O)(=O)OC[C@H]2OC=CC[C@@H]2O)cc1. The normalized spacial score (nSPS) is 23.1. The van der Waals surface area contributed by atoms with Crippen LogP contribution < -0.4 is 0 Å². The van der Waals surface area contributed by atoms with E-state index >= 15 is 0 Å². The summed E-state index contributed by atoms with van der Waals surface area (Å²) < 4.78 is 33.9. The van der Waals surface area contributed by atoms with Gasteiger partial charge in [0.15, 0.2) is 0 Å². The molecule has 2 atom stereocenters. The van der Waals surface area contributed by atoms with Crippen LogP contribution >= 0.6 is 0 Å². The Morgan fingerprint density at radius 2 is 2.05 bits per heavy atom. The van der Waals surface area contributed by atoms with E-state index in [1.165, 1.54) is 18.4 Å². The number of rotatable bonds is 4. The Morgan fingerprint density at radius 3 is 2.68 bits per heavy atom. The molecule has 1 aromatic rings. The molecule has 104 valence electrons. The van der Waals surface area contributed by atoms with Crippen LogP contribution in [-0.4, -0.2) is 32.3 Å². The molecule has 2 rings (SSSR count). The summed E-state index contributed by atoms with van der Waals surface area (Å²) in [6.07, 6.45) is 2.14. The van der Waals surface area contributed by atoms with E-state index in [4.69, 9.17) is 8.92 Å². The smallest absolute Gasteiger partial charge is 0.297 e. The molecule has 0 spiro atoms. The van der Waals surface area contributed by atoms with E-state index in [1.54, 1.807) is 18.2 Å². The third-order valence-electron chi connectivity index (χ3n) is 2.85. The molecule has 0 unspecified atom stereocenters. The van der Waals surface area contributed by atoms with E-state index in [0.717, 1.165) is 5.56 Å². The van der Waals surface area contributed by atoms with E-state index in [-0.39, 0.29) is 11.5 Å². The highest BCUT2D eigenvalue weighted by Crippen LogP contribution is 2.17. The quantitative estimate of drug-likeness (QED) is 0.845. The number of ether oxygens (including phenoxy) is 1. The summed E-state index contributed by atoms with van der Waals surface area (Å²) in [6.45, 7) is 1.66. The highest BCUT2D eigenvalue weighted by Gasteiger charge is 2.25. The molecule has 5 nitrogen and oxygen atoms in total. The minimum absolute atomic E-state index is 0.0962. The lowest BCUT2D eigenvalue weighted by Gasteiger charge is -2.24. The zero-order chi connectivity index (χ0) is 13.9. The number of aryl methyl sites for hydroxylation is 1. The zero-order valence-electron chi connectivity index (χ0n) is 10.5. The van der Waals surface area contributed by atoms with Gasteiger partial charge in [-0.3, -0.25) is 4.18 Å². The van der Waals surface area contributed by atoms with Crippen molar-refractivity contribution in [2.24, 2.45) is 0 Å². The number of hydrogen-bond donors (Lipinski definition) is 1. The molecule has 0 fully saturated rings. The second-order valence-corrected chi connectivity index (χ2v) is 6.02. The van der Waals surface area contributed by atoms with Crippen molar-refractivity contribution in [3.63, 3.8) is 0 Å². The number of hydrogen-bond acceptors (Lipinski definition) is 5. The fourth-order valence-electron chi connectivity index (χ4n) is 1.67. The molecular weight excluding hydrogens is 268 g/mol. The van der Waals surface area contributed by atoms with Crippen molar-refractivity contribution in [3.05, 3.63) is 42.2 Å². The highest BCUT2D eigenvalue weighted by atomic mass is 32.2. The summed E-state index contributed by atoms with van der Waals surface area (Å²) in [5, 5.41) is 9.62. The summed E-state index contributed by atoms with van der Waals surface area (Å²) in [5.74, 6) is 0. The van der Waals surface area contributed by atoms with E-state index in [1.807, 2.05) is 6.92 Å². The maximum atomic E-state index is 11.9. The summed E-state index contributed by atoms with van der Waals surface area (Å²) in [5.41, 5.74) is 0.968. The van der Waals surface area contributed by atoms with Gasteiger partial charge < -0.3 is 9.84 Å². The van der Waals surface area contributed by atoms with Crippen LogP contribution in [0.4, 0.5) is 0 Å². The Morgan fingerprint density at radius 1 is 1.37 bits per heavy atom. The Labute approximate surface area is 112 Å². The molecule has 0 amide bonds. The predicted octanol–water partition coefficient (Wildman–Crippen LogP) is 1.36. The minimum Gasteiger partial charge on any atom is -0.493 e. The van der Waals surface area contributed by atoms with Crippen LogP contribution in [0.1, 0.15) is 12.0 Å². The van der Waals surface area contributed by atoms with Gasteiger partial charge in [-0.15, -0.1) is 0 Å². The first kappa shape index (κ1) is 14.0. The molecule has 0 radical (unpaired) electrons. The first-order chi connectivity index (χ1) is 8.99. The number of benzene rings is 1. The van der Waals surface area contributed by atoms with Crippen molar-refractivity contribution in [1.29, 1.82) is 0 Å². The Hall–Kier alpha value is -1.37. The van der Waals surface area contributed by atoms with Gasteiger partial charge in [0.1, 0.15) is 12.7 Å². The first-order valence-corrected chi connectivity index (χ1v) is 7.34. The maximum Gasteiger partial charge on any atom is 0.297 e. The van der Waals surface area contributed by atoms with Crippen molar-refractivity contribution in [2.45, 2.75) is 30.4 Å². The van der Waals surface area contributed by atoms with Crippen LogP contribution in [0.5, 0.6) is 0 Å². The predicted molar refractivity (Wildman–Crippen MR) is 69.0 cm³/mol. The fourth-order valence-corrected chi connectivity index (χ4v) is 2.59. The topological polar surface area (TPSA) is 72.8 Å². The van der Waals surface area contributed by atoms with Crippen molar-refractivity contribution < 1.29 is 22.4 Å². The van der Waals surface area contributed by atoms with Crippen LogP contribution in [-0.2, 0) is 19.0 Å². The number of aliphatic hydroxyl groups excluding tert-OH is 1. The summed E-state index contributed by atoms with van der Waals surface area (Å²) in [6, 6.07) is 6.38. The van der Waals surface area contributed by atoms with Gasteiger partial charge in [-0.1, -0.05) is 17.7 Å². The molecule has 19 heavy (non-hydrogen) atoms. The molecule has 1 aliphatic heterocycles.